The molecular weight excluding hydrogens is 761 g/mol. The second kappa shape index (κ2) is 15.1. The van der Waals surface area contributed by atoms with E-state index < -0.39 is 5.41 Å². The van der Waals surface area contributed by atoms with E-state index in [2.05, 4.69) is 264 Å². The Hall–Kier alpha value is -8.20. The molecular formula is C61H42N2. The Balaban J connectivity index is 1.19. The van der Waals surface area contributed by atoms with Crippen molar-refractivity contribution in [2.24, 2.45) is 0 Å². The van der Waals surface area contributed by atoms with Crippen LogP contribution in [0.1, 0.15) is 22.3 Å². The largest absolute Gasteiger partial charge is 0.309 e. The van der Waals surface area contributed by atoms with E-state index in [1.165, 1.54) is 82.6 Å². The maximum atomic E-state index is 2.49. The standard InChI is InChI=1S/C61H42N2/c1-5-19-43(20-6-1)45-23-17-27-48(39-45)61(47-25-9-3-10-26-47,49-28-18-24-46(40-49)44-21-7-2-8-22-44)50-35-37-59-55(41-50)56-42-52(36-38-60(56)62(59)51-29-11-4-12-30-51)63-57-33-15-13-31-53(57)54-32-14-16-34-58(54)63/h1-42H. The van der Waals surface area contributed by atoms with Gasteiger partial charge in [0.1, 0.15) is 0 Å². The van der Waals surface area contributed by atoms with Crippen LogP contribution in [-0.4, -0.2) is 9.13 Å². The molecule has 2 heteroatoms. The first kappa shape index (κ1) is 36.6. The quantitative estimate of drug-likeness (QED) is 0.135. The number of hydrogen-bond acceptors (Lipinski definition) is 0. The summed E-state index contributed by atoms with van der Waals surface area (Å²) in [5, 5.41) is 4.91. The molecule has 0 bridgehead atoms. The second-order valence-electron chi connectivity index (χ2n) is 16.5. The topological polar surface area (TPSA) is 9.86 Å². The summed E-state index contributed by atoms with van der Waals surface area (Å²) in [4.78, 5) is 0. The van der Waals surface area contributed by atoms with Gasteiger partial charge in [0.05, 0.1) is 27.5 Å². The van der Waals surface area contributed by atoms with Crippen LogP contribution in [0.4, 0.5) is 0 Å². The molecule has 12 rings (SSSR count). The number of benzene rings is 10. The molecule has 10 aromatic carbocycles. The van der Waals surface area contributed by atoms with Crippen LogP contribution in [0, 0.1) is 0 Å². The summed E-state index contributed by atoms with van der Waals surface area (Å²) in [6.07, 6.45) is 0. The van der Waals surface area contributed by atoms with Crippen LogP contribution in [0.2, 0.25) is 0 Å². The number of para-hydroxylation sites is 3. The third-order valence-corrected chi connectivity index (χ3v) is 13.0. The number of aromatic nitrogens is 2. The zero-order valence-corrected chi connectivity index (χ0v) is 34.6. The lowest BCUT2D eigenvalue weighted by atomic mass is 9.64. The lowest BCUT2D eigenvalue weighted by Gasteiger charge is -2.37. The summed E-state index contributed by atoms with van der Waals surface area (Å²) in [6.45, 7) is 0. The molecule has 0 atom stereocenters. The Morgan fingerprint density at radius 3 is 1.19 bits per heavy atom. The molecule has 63 heavy (non-hydrogen) atoms. The van der Waals surface area contributed by atoms with Crippen molar-refractivity contribution in [1.82, 2.24) is 9.13 Å². The molecule has 0 amide bonds. The first-order valence-corrected chi connectivity index (χ1v) is 21.8. The molecule has 0 N–H and O–H groups in total. The van der Waals surface area contributed by atoms with Gasteiger partial charge in [-0.1, -0.05) is 188 Å². The van der Waals surface area contributed by atoms with Gasteiger partial charge in [-0.2, -0.15) is 0 Å². The van der Waals surface area contributed by atoms with Gasteiger partial charge in [-0.3, -0.25) is 0 Å². The van der Waals surface area contributed by atoms with Gasteiger partial charge in [0.15, 0.2) is 0 Å². The van der Waals surface area contributed by atoms with E-state index in [0.717, 1.165) is 16.9 Å². The summed E-state index contributed by atoms with van der Waals surface area (Å²) >= 11 is 0. The molecule has 2 heterocycles. The Morgan fingerprint density at radius 1 is 0.222 bits per heavy atom. The van der Waals surface area contributed by atoms with Crippen molar-refractivity contribution in [3.63, 3.8) is 0 Å². The molecule has 0 fully saturated rings. The van der Waals surface area contributed by atoms with Crippen molar-refractivity contribution in [3.8, 4) is 33.6 Å². The van der Waals surface area contributed by atoms with E-state index in [1.807, 2.05) is 0 Å². The first-order valence-electron chi connectivity index (χ1n) is 21.8. The SMILES string of the molecule is c1ccc(-c2cccc(C(c3ccccc3)(c3cccc(-c4ccccc4)c3)c3ccc4c(c3)c3cc(-n5c6ccccc6c6ccccc65)ccc3n4-c3ccccc3)c2)cc1. The van der Waals surface area contributed by atoms with E-state index in [4.69, 9.17) is 0 Å². The van der Waals surface area contributed by atoms with Gasteiger partial charge in [-0.05, 0) is 111 Å². The van der Waals surface area contributed by atoms with Crippen LogP contribution in [0.3, 0.4) is 0 Å². The van der Waals surface area contributed by atoms with Gasteiger partial charge < -0.3 is 9.13 Å². The zero-order chi connectivity index (χ0) is 41.7. The number of rotatable bonds is 8. The molecule has 12 aromatic rings. The second-order valence-corrected chi connectivity index (χ2v) is 16.5. The van der Waals surface area contributed by atoms with Crippen molar-refractivity contribution in [1.29, 1.82) is 0 Å². The molecule has 0 aliphatic rings. The predicted octanol–water partition coefficient (Wildman–Crippen LogP) is 15.6. The minimum atomic E-state index is -0.698. The Kier molecular flexibility index (Phi) is 8.76. The van der Waals surface area contributed by atoms with Gasteiger partial charge in [0.25, 0.3) is 0 Å². The average Bonchev–Trinajstić information content (AvgIpc) is 3.88. The van der Waals surface area contributed by atoms with Gasteiger partial charge in [-0.15, -0.1) is 0 Å². The highest BCUT2D eigenvalue weighted by Gasteiger charge is 2.39. The van der Waals surface area contributed by atoms with Crippen LogP contribution in [0.15, 0.2) is 255 Å². The van der Waals surface area contributed by atoms with Crippen molar-refractivity contribution in [3.05, 3.63) is 277 Å². The molecule has 0 aliphatic carbocycles. The Bertz CT molecular complexity index is 3460. The highest BCUT2D eigenvalue weighted by molar-refractivity contribution is 6.12. The molecule has 0 aliphatic heterocycles. The first-order chi connectivity index (χ1) is 31.3. The minimum Gasteiger partial charge on any atom is -0.309 e. The monoisotopic (exact) mass is 802 g/mol. The van der Waals surface area contributed by atoms with Crippen LogP contribution < -0.4 is 0 Å². The Morgan fingerprint density at radius 2 is 0.619 bits per heavy atom. The van der Waals surface area contributed by atoms with E-state index in [9.17, 15) is 0 Å². The van der Waals surface area contributed by atoms with Crippen LogP contribution in [0.5, 0.6) is 0 Å². The third kappa shape index (κ3) is 5.95. The van der Waals surface area contributed by atoms with E-state index in [-0.39, 0.29) is 0 Å². The highest BCUT2D eigenvalue weighted by Crippen LogP contribution is 2.49. The molecule has 296 valence electrons. The van der Waals surface area contributed by atoms with E-state index in [1.54, 1.807) is 0 Å². The molecule has 0 spiro atoms. The smallest absolute Gasteiger partial charge is 0.0702 e. The summed E-state index contributed by atoms with van der Waals surface area (Å²) in [5.41, 5.74) is 15.9. The third-order valence-electron chi connectivity index (χ3n) is 13.0. The van der Waals surface area contributed by atoms with E-state index >= 15 is 0 Å². The molecule has 0 radical (unpaired) electrons. The fourth-order valence-corrected chi connectivity index (χ4v) is 10.3. The maximum absolute atomic E-state index is 2.49. The van der Waals surface area contributed by atoms with Gasteiger partial charge in [-0.25, -0.2) is 0 Å². The normalized spacial score (nSPS) is 11.8. The summed E-state index contributed by atoms with van der Waals surface area (Å²) < 4.78 is 4.86. The van der Waals surface area contributed by atoms with Crippen LogP contribution in [-0.2, 0) is 5.41 Å². The number of hydrogen-bond donors (Lipinski definition) is 0. The van der Waals surface area contributed by atoms with E-state index in [0.29, 0.717) is 0 Å². The molecule has 2 nitrogen and oxygen atoms in total. The molecule has 0 saturated heterocycles. The van der Waals surface area contributed by atoms with Gasteiger partial charge in [0.2, 0.25) is 0 Å². The molecule has 0 saturated carbocycles. The lowest BCUT2D eigenvalue weighted by molar-refractivity contribution is 0.747. The molecule has 2 aromatic heterocycles. The Labute approximate surface area is 367 Å². The maximum Gasteiger partial charge on any atom is 0.0702 e. The van der Waals surface area contributed by atoms with Crippen molar-refractivity contribution in [2.45, 2.75) is 5.41 Å². The van der Waals surface area contributed by atoms with Crippen molar-refractivity contribution >= 4 is 43.6 Å². The number of fused-ring (bicyclic) bond motifs is 6. The zero-order valence-electron chi connectivity index (χ0n) is 34.6. The minimum absolute atomic E-state index is 0.698. The van der Waals surface area contributed by atoms with Gasteiger partial charge >= 0.3 is 0 Å². The predicted molar refractivity (Wildman–Crippen MR) is 264 cm³/mol. The summed E-state index contributed by atoms with van der Waals surface area (Å²) in [6, 6.07) is 93.6. The number of nitrogens with zero attached hydrogens (tertiary/aromatic N) is 2. The molecule has 0 unspecified atom stereocenters. The lowest BCUT2D eigenvalue weighted by Crippen LogP contribution is -2.31. The summed E-state index contributed by atoms with van der Waals surface area (Å²) in [7, 11) is 0. The highest BCUT2D eigenvalue weighted by atomic mass is 15.0. The average molecular weight is 803 g/mol. The van der Waals surface area contributed by atoms with Crippen LogP contribution in [0.25, 0.3) is 77.2 Å². The fourth-order valence-electron chi connectivity index (χ4n) is 10.3. The van der Waals surface area contributed by atoms with Crippen molar-refractivity contribution < 1.29 is 0 Å². The summed E-state index contributed by atoms with van der Waals surface area (Å²) in [5.74, 6) is 0. The van der Waals surface area contributed by atoms with Crippen LogP contribution >= 0.6 is 0 Å². The fraction of sp³-hybridized carbons (Fsp3) is 0.0164. The van der Waals surface area contributed by atoms with Gasteiger partial charge in [0, 0.05) is 32.9 Å². The van der Waals surface area contributed by atoms with Crippen molar-refractivity contribution in [2.75, 3.05) is 0 Å².